The van der Waals surface area contributed by atoms with Crippen LogP contribution in [0.3, 0.4) is 0 Å². The van der Waals surface area contributed by atoms with E-state index in [4.69, 9.17) is 4.78 Å². The van der Waals surface area contributed by atoms with Gasteiger partial charge in [-0.3, -0.25) is 4.79 Å². The number of hydrogen-bond donors (Lipinski definition) is 3. The third kappa shape index (κ3) is 4.99. The lowest BCUT2D eigenvalue weighted by Gasteiger charge is -2.35. The van der Waals surface area contributed by atoms with Crippen LogP contribution in [-0.2, 0) is 19.9 Å². The van der Waals surface area contributed by atoms with Gasteiger partial charge in [0.1, 0.15) is 17.3 Å². The molecule has 3 heterocycles. The molecular weight excluding hydrogens is 575 g/mol. The molecule has 1 fully saturated rings. The summed E-state index contributed by atoms with van der Waals surface area (Å²) in [6, 6.07) is 12.8. The zero-order valence-corrected chi connectivity index (χ0v) is 24.2. The molecule has 0 bridgehead atoms. The number of aromatic nitrogens is 2. The van der Waals surface area contributed by atoms with Gasteiger partial charge < -0.3 is 10.6 Å². The zero-order chi connectivity index (χ0) is 30.6. The molecule has 2 aliphatic rings. The Labute approximate surface area is 247 Å². The summed E-state index contributed by atoms with van der Waals surface area (Å²) in [5, 5.41) is 6.32. The highest BCUT2D eigenvalue weighted by molar-refractivity contribution is 7.93. The number of amides is 1. The molecule has 220 valence electrons. The Balaban J connectivity index is 1.26. The van der Waals surface area contributed by atoms with Crippen molar-refractivity contribution in [1.82, 2.24) is 9.97 Å². The van der Waals surface area contributed by atoms with Gasteiger partial charge in [0.15, 0.2) is 0 Å². The lowest BCUT2D eigenvalue weighted by molar-refractivity contribution is -0.121. The molecule has 1 atom stereocenters. The minimum Gasteiger partial charge on any atom is -0.338 e. The number of hydrogen-bond acceptors (Lipinski definition) is 6. The van der Waals surface area contributed by atoms with Gasteiger partial charge in [-0.2, -0.15) is 0 Å². The number of benzene rings is 2. The lowest BCUT2D eigenvalue weighted by atomic mass is 9.77. The number of rotatable bonds is 6. The Hall–Kier alpha value is -4.43. The average Bonchev–Trinajstić information content (AvgIpc) is 3.25. The largest absolute Gasteiger partial charge is 0.338 e. The third-order valence-corrected chi connectivity index (χ3v) is 10.7. The Morgan fingerprint density at radius 1 is 1.07 bits per heavy atom. The smallest absolute Gasteiger partial charge is 0.250 e. The van der Waals surface area contributed by atoms with E-state index in [2.05, 4.69) is 32.4 Å². The van der Waals surface area contributed by atoms with Crippen molar-refractivity contribution >= 4 is 43.6 Å². The Bertz CT molecular complexity index is 1960. The molecule has 6 rings (SSSR count). The highest BCUT2D eigenvalue weighted by atomic mass is 32.2. The van der Waals surface area contributed by atoms with Crippen LogP contribution in [-0.4, -0.2) is 31.3 Å². The van der Waals surface area contributed by atoms with Gasteiger partial charge in [-0.05, 0) is 66.8 Å². The van der Waals surface area contributed by atoms with Crippen LogP contribution in [0, 0.1) is 22.4 Å². The Morgan fingerprint density at radius 3 is 2.53 bits per heavy atom. The van der Waals surface area contributed by atoms with Gasteiger partial charge in [-0.1, -0.05) is 25.8 Å². The average molecular weight is 604 g/mol. The van der Waals surface area contributed by atoms with Gasteiger partial charge in [0, 0.05) is 47.3 Å². The maximum atomic E-state index is 15.0. The minimum absolute atomic E-state index is 0.00300. The van der Waals surface area contributed by atoms with Crippen LogP contribution in [0.25, 0.3) is 10.8 Å². The summed E-state index contributed by atoms with van der Waals surface area (Å²) in [6.45, 7) is 4.02. The van der Waals surface area contributed by atoms with E-state index in [1.165, 1.54) is 12.1 Å². The van der Waals surface area contributed by atoms with E-state index < -0.39 is 45.0 Å². The number of pyridine rings is 2. The van der Waals surface area contributed by atoms with Gasteiger partial charge in [0.2, 0.25) is 5.91 Å². The number of carbonyl (C=O) groups is 1. The second kappa shape index (κ2) is 10.4. The summed E-state index contributed by atoms with van der Waals surface area (Å²) in [5.41, 5.74) is 2.44. The van der Waals surface area contributed by atoms with Crippen molar-refractivity contribution in [2.24, 2.45) is 0 Å². The molecule has 2 aromatic heterocycles. The van der Waals surface area contributed by atoms with Gasteiger partial charge in [-0.25, -0.2) is 32.1 Å². The number of fused-ring (bicyclic) bond motifs is 2. The minimum atomic E-state index is -3.57. The topological polar surface area (TPSA) is 108 Å². The first-order chi connectivity index (χ1) is 20.5. The van der Waals surface area contributed by atoms with Crippen molar-refractivity contribution in [3.63, 3.8) is 0 Å². The Morgan fingerprint density at radius 2 is 1.84 bits per heavy atom. The normalized spacial score (nSPS) is 18.1. The van der Waals surface area contributed by atoms with Gasteiger partial charge in [-0.15, -0.1) is 0 Å². The lowest BCUT2D eigenvalue weighted by Crippen LogP contribution is -2.44. The molecule has 2 aromatic carbocycles. The molecule has 7 nitrogen and oxygen atoms in total. The van der Waals surface area contributed by atoms with Crippen LogP contribution in [0.4, 0.5) is 30.4 Å². The number of nitrogens with zero attached hydrogens (tertiary/aromatic N) is 2. The molecule has 1 saturated carbocycles. The summed E-state index contributed by atoms with van der Waals surface area (Å²) >= 11 is 0. The molecule has 1 aliphatic heterocycles. The summed E-state index contributed by atoms with van der Waals surface area (Å²) in [5.74, 6) is 2.82. The molecule has 1 amide bonds. The fourth-order valence-electron chi connectivity index (χ4n) is 5.78. The van der Waals surface area contributed by atoms with Crippen molar-refractivity contribution in [3.8, 4) is 11.8 Å². The van der Waals surface area contributed by atoms with Crippen LogP contribution >= 0.6 is 0 Å². The van der Waals surface area contributed by atoms with Crippen LogP contribution in [0.5, 0.6) is 0 Å². The van der Waals surface area contributed by atoms with Crippen molar-refractivity contribution in [2.75, 3.05) is 10.6 Å². The number of nitrogens with one attached hydrogen (secondary N) is 3. The number of alkyl halides is 2. The van der Waals surface area contributed by atoms with Gasteiger partial charge >= 0.3 is 0 Å². The van der Waals surface area contributed by atoms with E-state index in [1.807, 2.05) is 32.0 Å². The molecule has 0 radical (unpaired) electrons. The molecule has 43 heavy (non-hydrogen) atoms. The van der Waals surface area contributed by atoms with Crippen molar-refractivity contribution in [1.29, 1.82) is 4.78 Å². The van der Waals surface area contributed by atoms with Gasteiger partial charge in [0.05, 0.1) is 31.0 Å². The number of carbonyl (C=O) groups excluding carboxylic acids is 1. The van der Waals surface area contributed by atoms with Crippen molar-refractivity contribution in [3.05, 3.63) is 83.6 Å². The first kappa shape index (κ1) is 28.7. The highest BCUT2D eigenvalue weighted by Crippen LogP contribution is 2.44. The van der Waals surface area contributed by atoms with Crippen molar-refractivity contribution in [2.45, 2.75) is 61.0 Å². The van der Waals surface area contributed by atoms with Crippen molar-refractivity contribution < 1.29 is 22.2 Å². The molecule has 0 spiro atoms. The predicted molar refractivity (Wildman–Crippen MR) is 160 cm³/mol. The number of halogens is 3. The molecule has 11 heteroatoms. The standard InChI is InChI=1S/C32H28F3N5O2S/c1-3-31(4-2)24-8-5-19(13-28(24)40-30(31)41)6-9-26-23-15-29(38-18-20(23)11-12-37-26)39-27-10-7-21(14-25(27)33)43(36,42)22-16-32(34,35)17-22/h5,7-8,10-15,18,22,36H,3-4,16-17H2,1-2H3,(H,38,39)(H,40,41). The SMILES string of the molecule is CCC1(CC)C(=O)Nc2cc(C#Cc3nccc4cnc(Nc5ccc(S(=N)(=O)C6CC(F)(F)C6)cc5F)cc34)ccc21. The highest BCUT2D eigenvalue weighted by Gasteiger charge is 2.50. The first-order valence-corrected chi connectivity index (χ1v) is 15.5. The second-order valence-corrected chi connectivity index (χ2v) is 13.3. The summed E-state index contributed by atoms with van der Waals surface area (Å²) in [7, 11) is -3.57. The van der Waals surface area contributed by atoms with E-state index in [1.54, 1.807) is 24.5 Å². The second-order valence-electron chi connectivity index (χ2n) is 11.0. The quantitative estimate of drug-likeness (QED) is 0.203. The molecule has 1 aliphatic carbocycles. The van der Waals surface area contributed by atoms with E-state index in [0.717, 1.165) is 22.7 Å². The maximum absolute atomic E-state index is 15.0. The summed E-state index contributed by atoms with van der Waals surface area (Å²) in [4.78, 5) is 21.4. The monoisotopic (exact) mass is 603 g/mol. The first-order valence-electron chi connectivity index (χ1n) is 13.9. The fourth-order valence-corrected chi connectivity index (χ4v) is 7.67. The molecular formula is C32H28F3N5O2S. The molecule has 3 N–H and O–H groups in total. The van der Waals surface area contributed by atoms with Crippen LogP contribution in [0.15, 0.2) is 65.8 Å². The van der Waals surface area contributed by atoms with Gasteiger partial charge in [0.25, 0.3) is 5.92 Å². The molecule has 0 saturated heterocycles. The molecule has 1 unspecified atom stereocenters. The van der Waals surface area contributed by atoms with E-state index in [9.17, 15) is 17.8 Å². The zero-order valence-electron chi connectivity index (χ0n) is 23.4. The van der Waals surface area contributed by atoms with Crippen LogP contribution < -0.4 is 10.6 Å². The summed E-state index contributed by atoms with van der Waals surface area (Å²) < 4.78 is 62.6. The Kier molecular flexibility index (Phi) is 6.92. The molecule has 4 aromatic rings. The van der Waals surface area contributed by atoms with Crippen LogP contribution in [0.2, 0.25) is 0 Å². The maximum Gasteiger partial charge on any atom is 0.250 e. The fraction of sp³-hybridized carbons (Fsp3) is 0.281. The summed E-state index contributed by atoms with van der Waals surface area (Å²) in [6.07, 6.45) is 3.36. The third-order valence-electron chi connectivity index (χ3n) is 8.47. The number of anilines is 3. The van der Waals surface area contributed by atoms with E-state index >= 15 is 4.39 Å². The predicted octanol–water partition coefficient (Wildman–Crippen LogP) is 7.13. The van der Waals surface area contributed by atoms with E-state index in [0.29, 0.717) is 35.3 Å². The van der Waals surface area contributed by atoms with Crippen LogP contribution in [0.1, 0.15) is 56.4 Å². The van der Waals surface area contributed by atoms with E-state index in [-0.39, 0.29) is 16.5 Å².